The van der Waals surface area contributed by atoms with E-state index in [1.165, 1.54) is 0 Å². The monoisotopic (exact) mass is 178 g/mol. The predicted octanol–water partition coefficient (Wildman–Crippen LogP) is 2.24. The minimum absolute atomic E-state index is 0.0597. The van der Waals surface area contributed by atoms with E-state index in [1.807, 2.05) is 30.3 Å². The Morgan fingerprint density at radius 2 is 2.00 bits per heavy atom. The second-order valence-electron chi connectivity index (χ2n) is 3.67. The van der Waals surface area contributed by atoms with E-state index in [9.17, 15) is 0 Å². The molecule has 70 valence electrons. The van der Waals surface area contributed by atoms with Crippen molar-refractivity contribution in [2.75, 3.05) is 6.61 Å². The van der Waals surface area contributed by atoms with E-state index in [4.69, 9.17) is 9.47 Å². The third kappa shape index (κ3) is 1.83. The van der Waals surface area contributed by atoms with Gasteiger partial charge in [0.2, 0.25) is 0 Å². The largest absolute Gasteiger partial charge is 0.490 e. The fourth-order valence-corrected chi connectivity index (χ4v) is 1.26. The summed E-state index contributed by atoms with van der Waals surface area (Å²) in [5.74, 6) is 0.909. The Kier molecular flexibility index (Phi) is 2.00. The van der Waals surface area contributed by atoms with Crippen molar-refractivity contribution in [1.82, 2.24) is 0 Å². The van der Waals surface area contributed by atoms with Crippen LogP contribution in [-0.2, 0) is 4.74 Å². The normalized spacial score (nSPS) is 31.4. The van der Waals surface area contributed by atoms with Gasteiger partial charge in [0.15, 0.2) is 0 Å². The SMILES string of the molecule is CC1OC1(C)COc1ccccc1. The van der Waals surface area contributed by atoms with Crippen LogP contribution in [0.1, 0.15) is 13.8 Å². The molecular formula is C11H14O2. The van der Waals surface area contributed by atoms with Crippen molar-refractivity contribution in [3.8, 4) is 5.75 Å². The highest BCUT2D eigenvalue weighted by Crippen LogP contribution is 2.35. The molecule has 0 N–H and O–H groups in total. The lowest BCUT2D eigenvalue weighted by atomic mass is 10.1. The molecule has 2 unspecified atom stereocenters. The van der Waals surface area contributed by atoms with E-state index < -0.39 is 0 Å². The highest BCUT2D eigenvalue weighted by Gasteiger charge is 2.49. The average molecular weight is 178 g/mol. The summed E-state index contributed by atoms with van der Waals surface area (Å²) in [5.41, 5.74) is -0.0597. The van der Waals surface area contributed by atoms with Gasteiger partial charge in [-0.1, -0.05) is 18.2 Å². The first-order valence-corrected chi connectivity index (χ1v) is 4.56. The highest BCUT2D eigenvalue weighted by molar-refractivity contribution is 5.21. The maximum absolute atomic E-state index is 5.58. The van der Waals surface area contributed by atoms with Gasteiger partial charge in [-0.25, -0.2) is 0 Å². The van der Waals surface area contributed by atoms with Gasteiger partial charge in [-0.15, -0.1) is 0 Å². The van der Waals surface area contributed by atoms with Crippen molar-refractivity contribution in [3.05, 3.63) is 30.3 Å². The quantitative estimate of drug-likeness (QED) is 0.662. The molecule has 1 saturated heterocycles. The first-order chi connectivity index (χ1) is 6.21. The topological polar surface area (TPSA) is 21.8 Å². The molecule has 1 aromatic carbocycles. The van der Waals surface area contributed by atoms with Gasteiger partial charge in [-0.3, -0.25) is 0 Å². The van der Waals surface area contributed by atoms with Gasteiger partial charge in [0.1, 0.15) is 18.0 Å². The summed E-state index contributed by atoms with van der Waals surface area (Å²) in [7, 11) is 0. The molecule has 1 fully saturated rings. The molecule has 0 spiro atoms. The fourth-order valence-electron chi connectivity index (χ4n) is 1.26. The Bertz CT molecular complexity index is 283. The van der Waals surface area contributed by atoms with Crippen molar-refractivity contribution >= 4 is 0 Å². The van der Waals surface area contributed by atoms with E-state index in [1.54, 1.807) is 0 Å². The first-order valence-electron chi connectivity index (χ1n) is 4.56. The lowest BCUT2D eigenvalue weighted by Gasteiger charge is -2.08. The van der Waals surface area contributed by atoms with Crippen molar-refractivity contribution < 1.29 is 9.47 Å². The Labute approximate surface area is 78.5 Å². The molecule has 1 aliphatic heterocycles. The predicted molar refractivity (Wildman–Crippen MR) is 50.9 cm³/mol. The Morgan fingerprint density at radius 1 is 1.38 bits per heavy atom. The molecule has 2 atom stereocenters. The van der Waals surface area contributed by atoms with Crippen LogP contribution in [0.25, 0.3) is 0 Å². The zero-order valence-electron chi connectivity index (χ0n) is 7.99. The molecule has 13 heavy (non-hydrogen) atoms. The van der Waals surface area contributed by atoms with Gasteiger partial charge >= 0.3 is 0 Å². The third-order valence-electron chi connectivity index (χ3n) is 2.52. The Hall–Kier alpha value is -1.02. The summed E-state index contributed by atoms with van der Waals surface area (Å²) in [6.07, 6.45) is 0.330. The molecule has 1 heterocycles. The molecular weight excluding hydrogens is 164 g/mol. The molecule has 0 saturated carbocycles. The van der Waals surface area contributed by atoms with Crippen LogP contribution in [0.2, 0.25) is 0 Å². The van der Waals surface area contributed by atoms with Crippen molar-refractivity contribution in [2.24, 2.45) is 0 Å². The summed E-state index contributed by atoms with van der Waals surface area (Å²) in [4.78, 5) is 0. The first kappa shape index (κ1) is 8.57. The number of epoxide rings is 1. The summed E-state index contributed by atoms with van der Waals surface area (Å²) in [6, 6.07) is 9.82. The molecule has 0 bridgehead atoms. The molecule has 0 amide bonds. The Balaban J connectivity index is 1.87. The summed E-state index contributed by atoms with van der Waals surface area (Å²) < 4.78 is 11.0. The molecule has 2 rings (SSSR count). The van der Waals surface area contributed by atoms with Gasteiger partial charge < -0.3 is 9.47 Å². The highest BCUT2D eigenvalue weighted by atomic mass is 16.6. The van der Waals surface area contributed by atoms with Crippen molar-refractivity contribution in [3.63, 3.8) is 0 Å². The molecule has 0 aromatic heterocycles. The molecule has 0 aliphatic carbocycles. The second-order valence-corrected chi connectivity index (χ2v) is 3.67. The zero-order chi connectivity index (χ0) is 9.31. The molecule has 1 aliphatic rings. The fraction of sp³-hybridized carbons (Fsp3) is 0.455. The smallest absolute Gasteiger partial charge is 0.125 e. The lowest BCUT2D eigenvalue weighted by Crippen LogP contribution is -2.19. The van der Waals surface area contributed by atoms with Crippen molar-refractivity contribution in [1.29, 1.82) is 0 Å². The summed E-state index contributed by atoms with van der Waals surface area (Å²) in [6.45, 7) is 4.77. The third-order valence-corrected chi connectivity index (χ3v) is 2.52. The number of hydrogen-bond donors (Lipinski definition) is 0. The minimum atomic E-state index is -0.0597. The van der Waals surface area contributed by atoms with E-state index in [-0.39, 0.29) is 5.60 Å². The van der Waals surface area contributed by atoms with Crippen LogP contribution < -0.4 is 4.74 Å². The van der Waals surface area contributed by atoms with Crippen LogP contribution in [-0.4, -0.2) is 18.3 Å². The zero-order valence-corrected chi connectivity index (χ0v) is 7.99. The lowest BCUT2D eigenvalue weighted by molar-refractivity contribution is 0.201. The van der Waals surface area contributed by atoms with Crippen LogP contribution in [0.4, 0.5) is 0 Å². The maximum Gasteiger partial charge on any atom is 0.125 e. The minimum Gasteiger partial charge on any atom is -0.490 e. The molecule has 2 nitrogen and oxygen atoms in total. The number of ether oxygens (including phenoxy) is 2. The van der Waals surface area contributed by atoms with Gasteiger partial charge in [0.05, 0.1) is 6.10 Å². The van der Waals surface area contributed by atoms with Crippen LogP contribution in [0.3, 0.4) is 0 Å². The van der Waals surface area contributed by atoms with Gasteiger partial charge in [0, 0.05) is 0 Å². The van der Waals surface area contributed by atoms with Gasteiger partial charge in [-0.2, -0.15) is 0 Å². The van der Waals surface area contributed by atoms with Crippen molar-refractivity contribution in [2.45, 2.75) is 25.6 Å². The van der Waals surface area contributed by atoms with Crippen LogP contribution in [0.15, 0.2) is 30.3 Å². The van der Waals surface area contributed by atoms with E-state index in [0.717, 1.165) is 5.75 Å². The van der Waals surface area contributed by atoms with E-state index in [0.29, 0.717) is 12.7 Å². The molecule has 1 aromatic rings. The number of benzene rings is 1. The standard InChI is InChI=1S/C11H14O2/c1-9-11(2,13-9)8-12-10-6-4-3-5-7-10/h3-7,9H,8H2,1-2H3. The van der Waals surface area contributed by atoms with Crippen LogP contribution >= 0.6 is 0 Å². The van der Waals surface area contributed by atoms with Crippen LogP contribution in [0, 0.1) is 0 Å². The molecule has 0 radical (unpaired) electrons. The van der Waals surface area contributed by atoms with E-state index >= 15 is 0 Å². The number of para-hydroxylation sites is 1. The second kappa shape index (κ2) is 3.04. The maximum atomic E-state index is 5.58. The van der Waals surface area contributed by atoms with E-state index in [2.05, 4.69) is 13.8 Å². The summed E-state index contributed by atoms with van der Waals surface area (Å²) in [5, 5.41) is 0. The summed E-state index contributed by atoms with van der Waals surface area (Å²) >= 11 is 0. The number of rotatable bonds is 3. The Morgan fingerprint density at radius 3 is 2.54 bits per heavy atom. The van der Waals surface area contributed by atoms with Gasteiger partial charge in [0.25, 0.3) is 0 Å². The molecule has 2 heteroatoms. The number of hydrogen-bond acceptors (Lipinski definition) is 2. The van der Waals surface area contributed by atoms with Gasteiger partial charge in [-0.05, 0) is 26.0 Å². The van der Waals surface area contributed by atoms with Crippen LogP contribution in [0.5, 0.6) is 5.75 Å². The average Bonchev–Trinajstić information content (AvgIpc) is 2.74.